The average molecular weight is 173 g/mol. The summed E-state index contributed by atoms with van der Waals surface area (Å²) < 4.78 is 18.8. The number of terminal acetylenes is 2. The Balaban J connectivity index is 3.75. The summed E-state index contributed by atoms with van der Waals surface area (Å²) in [5.41, 5.74) is 0. The number of phosphoric ester groups is 1. The zero-order valence-electron chi connectivity index (χ0n) is 5.65. The summed E-state index contributed by atoms with van der Waals surface area (Å²) in [4.78, 5) is 10.5. The van der Waals surface area contributed by atoms with E-state index in [1.54, 1.807) is 0 Å². The molecule has 0 spiro atoms. The Morgan fingerprint density at radius 3 is 1.91 bits per heavy atom. The van der Waals surface area contributed by atoms with Gasteiger partial charge in [0.25, 0.3) is 7.82 Å². The number of rotatable bonds is 4. The molecular formula is C6H6O4P-. The Morgan fingerprint density at radius 2 is 1.64 bits per heavy atom. The monoisotopic (exact) mass is 173 g/mol. The van der Waals surface area contributed by atoms with Crippen LogP contribution in [0.5, 0.6) is 0 Å². The van der Waals surface area contributed by atoms with Gasteiger partial charge in [-0.2, -0.15) is 0 Å². The molecule has 4 nitrogen and oxygen atoms in total. The highest BCUT2D eigenvalue weighted by Gasteiger charge is 2.05. The third-order valence-electron chi connectivity index (χ3n) is 0.612. The van der Waals surface area contributed by atoms with Crippen molar-refractivity contribution >= 4 is 7.82 Å². The number of hydrogen-bond donors (Lipinski definition) is 0. The standard InChI is InChI=1S/C6H7O4P/c1-3-5-9-11(7,8)10-6-4-2/h1-2H,5-6H2,(H,7,8)/p-1. The topological polar surface area (TPSA) is 58.6 Å². The maximum Gasteiger partial charge on any atom is 0.269 e. The summed E-state index contributed by atoms with van der Waals surface area (Å²) >= 11 is 0. The van der Waals surface area contributed by atoms with E-state index < -0.39 is 7.82 Å². The van der Waals surface area contributed by atoms with Crippen LogP contribution in [0.4, 0.5) is 0 Å². The molecule has 5 heteroatoms. The van der Waals surface area contributed by atoms with Crippen molar-refractivity contribution in [2.24, 2.45) is 0 Å². The fourth-order valence-corrected chi connectivity index (χ4v) is 0.810. The van der Waals surface area contributed by atoms with Gasteiger partial charge in [0, 0.05) is 0 Å². The molecule has 0 saturated heterocycles. The van der Waals surface area contributed by atoms with Crippen molar-refractivity contribution in [2.45, 2.75) is 0 Å². The molecule has 0 radical (unpaired) electrons. The van der Waals surface area contributed by atoms with Gasteiger partial charge in [-0.1, -0.05) is 11.8 Å². The molecule has 0 fully saturated rings. The van der Waals surface area contributed by atoms with E-state index in [1.807, 2.05) is 11.8 Å². The van der Waals surface area contributed by atoms with Crippen LogP contribution in [0.3, 0.4) is 0 Å². The molecular weight excluding hydrogens is 167 g/mol. The van der Waals surface area contributed by atoms with Gasteiger partial charge in [-0.05, 0) is 0 Å². The molecule has 0 heterocycles. The zero-order valence-corrected chi connectivity index (χ0v) is 6.54. The summed E-state index contributed by atoms with van der Waals surface area (Å²) in [5.74, 6) is 3.95. The van der Waals surface area contributed by atoms with E-state index in [1.165, 1.54) is 0 Å². The zero-order chi connectivity index (χ0) is 8.74. The van der Waals surface area contributed by atoms with Crippen LogP contribution in [0, 0.1) is 24.7 Å². The lowest BCUT2D eigenvalue weighted by Crippen LogP contribution is -2.08. The van der Waals surface area contributed by atoms with Crippen LogP contribution in [-0.4, -0.2) is 13.2 Å². The van der Waals surface area contributed by atoms with Crippen LogP contribution < -0.4 is 4.89 Å². The Labute approximate surface area is 65.1 Å². The third-order valence-corrected chi connectivity index (χ3v) is 1.50. The minimum absolute atomic E-state index is 0.342. The fourth-order valence-electron chi connectivity index (χ4n) is 0.270. The van der Waals surface area contributed by atoms with Gasteiger partial charge in [0.15, 0.2) is 0 Å². The Morgan fingerprint density at radius 1 is 1.27 bits per heavy atom. The highest BCUT2D eigenvalue weighted by atomic mass is 31.2. The van der Waals surface area contributed by atoms with Crippen molar-refractivity contribution in [3.63, 3.8) is 0 Å². The van der Waals surface area contributed by atoms with Crippen molar-refractivity contribution in [2.75, 3.05) is 13.2 Å². The van der Waals surface area contributed by atoms with Gasteiger partial charge >= 0.3 is 0 Å². The first-order valence-corrected chi connectivity index (χ1v) is 4.05. The molecule has 0 saturated carbocycles. The van der Waals surface area contributed by atoms with E-state index in [2.05, 4.69) is 9.05 Å². The minimum atomic E-state index is -4.26. The number of phosphoric acid groups is 1. The molecule has 0 unspecified atom stereocenters. The summed E-state index contributed by atoms with van der Waals surface area (Å²) in [5, 5.41) is 0. The van der Waals surface area contributed by atoms with E-state index in [4.69, 9.17) is 12.8 Å². The predicted molar refractivity (Wildman–Crippen MR) is 37.2 cm³/mol. The molecule has 0 aliphatic rings. The van der Waals surface area contributed by atoms with Crippen molar-refractivity contribution in [1.29, 1.82) is 0 Å². The lowest BCUT2D eigenvalue weighted by Gasteiger charge is -2.19. The summed E-state index contributed by atoms with van der Waals surface area (Å²) in [6.45, 7) is -0.684. The smallest absolute Gasteiger partial charge is 0.269 e. The van der Waals surface area contributed by atoms with Gasteiger partial charge in [0.05, 0.1) is 0 Å². The Kier molecular flexibility index (Phi) is 4.61. The molecule has 0 amide bonds. The molecule has 0 N–H and O–H groups in total. The van der Waals surface area contributed by atoms with Crippen LogP contribution in [0.2, 0.25) is 0 Å². The van der Waals surface area contributed by atoms with E-state index >= 15 is 0 Å². The van der Waals surface area contributed by atoms with Crippen LogP contribution in [0.15, 0.2) is 0 Å². The predicted octanol–water partition coefficient (Wildman–Crippen LogP) is -0.246. The molecule has 0 aliphatic carbocycles. The average Bonchev–Trinajstić information content (AvgIpc) is 1.97. The second-order valence-corrected chi connectivity index (χ2v) is 2.81. The van der Waals surface area contributed by atoms with E-state index in [0.29, 0.717) is 0 Å². The first-order chi connectivity index (χ1) is 5.12. The molecule has 0 rings (SSSR count). The highest BCUT2D eigenvalue weighted by Crippen LogP contribution is 2.37. The van der Waals surface area contributed by atoms with Crippen LogP contribution in [-0.2, 0) is 13.6 Å². The molecule has 0 aliphatic heterocycles. The molecule has 60 valence electrons. The second kappa shape index (κ2) is 4.96. The normalized spacial score (nSPS) is 10.1. The SMILES string of the molecule is C#CCOP(=O)([O-])OCC#C. The van der Waals surface area contributed by atoms with E-state index in [9.17, 15) is 9.46 Å². The molecule has 0 bridgehead atoms. The molecule has 11 heavy (non-hydrogen) atoms. The molecule has 0 aromatic heterocycles. The summed E-state index contributed by atoms with van der Waals surface area (Å²) in [6.07, 6.45) is 9.47. The Hall–Kier alpha value is -0.770. The summed E-state index contributed by atoms with van der Waals surface area (Å²) in [7, 11) is -4.26. The largest absolute Gasteiger partial charge is 0.756 e. The fraction of sp³-hybridized carbons (Fsp3) is 0.333. The van der Waals surface area contributed by atoms with Crippen molar-refractivity contribution in [3.8, 4) is 24.7 Å². The quantitative estimate of drug-likeness (QED) is 0.434. The first kappa shape index (κ1) is 10.2. The molecule has 0 atom stereocenters. The second-order valence-electron chi connectivity index (χ2n) is 1.40. The van der Waals surface area contributed by atoms with Crippen LogP contribution >= 0.6 is 7.82 Å². The van der Waals surface area contributed by atoms with Crippen LogP contribution in [0.1, 0.15) is 0 Å². The van der Waals surface area contributed by atoms with Gasteiger partial charge in [-0.3, -0.25) is 4.57 Å². The third kappa shape index (κ3) is 5.66. The van der Waals surface area contributed by atoms with Gasteiger partial charge in [-0.15, -0.1) is 12.8 Å². The highest BCUT2D eigenvalue weighted by molar-refractivity contribution is 7.45. The first-order valence-electron chi connectivity index (χ1n) is 2.59. The lowest BCUT2D eigenvalue weighted by molar-refractivity contribution is -0.223. The maximum atomic E-state index is 10.5. The van der Waals surface area contributed by atoms with Crippen LogP contribution in [0.25, 0.3) is 0 Å². The van der Waals surface area contributed by atoms with Crippen molar-refractivity contribution in [3.05, 3.63) is 0 Å². The van der Waals surface area contributed by atoms with E-state index in [-0.39, 0.29) is 13.2 Å². The minimum Gasteiger partial charge on any atom is -0.756 e. The lowest BCUT2D eigenvalue weighted by atomic mass is 10.8. The molecule has 0 aromatic rings. The van der Waals surface area contributed by atoms with Gasteiger partial charge < -0.3 is 13.9 Å². The molecule has 0 aromatic carbocycles. The van der Waals surface area contributed by atoms with E-state index in [0.717, 1.165) is 0 Å². The summed E-state index contributed by atoms with van der Waals surface area (Å²) in [6, 6.07) is 0. The van der Waals surface area contributed by atoms with Crippen molar-refractivity contribution < 1.29 is 18.5 Å². The maximum absolute atomic E-state index is 10.5. The van der Waals surface area contributed by atoms with Gasteiger partial charge in [0.2, 0.25) is 0 Å². The Bertz CT molecular complexity index is 212. The van der Waals surface area contributed by atoms with Gasteiger partial charge in [-0.25, -0.2) is 0 Å². The van der Waals surface area contributed by atoms with Crippen molar-refractivity contribution in [1.82, 2.24) is 0 Å². The van der Waals surface area contributed by atoms with Gasteiger partial charge in [0.1, 0.15) is 13.2 Å². The number of hydrogen-bond acceptors (Lipinski definition) is 4.